The average Bonchev–Trinajstić information content (AvgIpc) is 2.97. The molecule has 2 heterocycles. The molecule has 2 aromatic heterocycles. The van der Waals surface area contributed by atoms with Gasteiger partial charge in [-0.1, -0.05) is 0 Å². The summed E-state index contributed by atoms with van der Waals surface area (Å²) in [6.07, 6.45) is 6.13. The van der Waals surface area contributed by atoms with E-state index >= 15 is 0 Å². The van der Waals surface area contributed by atoms with Gasteiger partial charge in [-0.15, -0.1) is 0 Å². The highest BCUT2D eigenvalue weighted by atomic mass is 16.4. The second kappa shape index (κ2) is 17.4. The number of nitrogens with two attached hydrogens (primary N) is 4. The first-order valence-corrected chi connectivity index (χ1v) is 11.4. The van der Waals surface area contributed by atoms with Gasteiger partial charge in [0.2, 0.25) is 0 Å². The normalized spacial score (nSPS) is 9.19. The average molecular weight is 581 g/mol. The third kappa shape index (κ3) is 11.6. The molecule has 16 heteroatoms. The number of nitrogen functional groups attached to an aromatic ring is 4. The molecule has 0 saturated carbocycles. The van der Waals surface area contributed by atoms with Crippen molar-refractivity contribution in [2.45, 2.75) is 0 Å². The number of nitrogens with zero attached hydrogens (tertiary/aromatic N) is 2. The van der Waals surface area contributed by atoms with Crippen LogP contribution in [0.15, 0.2) is 85.5 Å². The van der Waals surface area contributed by atoms with E-state index in [4.69, 9.17) is 43.6 Å². The van der Waals surface area contributed by atoms with Gasteiger partial charge in [0.1, 0.15) is 22.6 Å². The minimum atomic E-state index is -1.16. The molecule has 4 rings (SSSR count). The molecular weight excluding hydrogens is 552 g/mol. The van der Waals surface area contributed by atoms with Gasteiger partial charge in [0.25, 0.3) is 11.8 Å². The number of aromatic hydroxyl groups is 2. The molecule has 16 nitrogen and oxygen atoms in total. The van der Waals surface area contributed by atoms with Crippen LogP contribution in [0.4, 0.5) is 11.4 Å². The van der Waals surface area contributed by atoms with Crippen LogP contribution in [0.5, 0.6) is 11.5 Å². The number of aromatic nitrogens is 2. The number of hydrogen-bond donors (Lipinski definition) is 10. The molecule has 0 aliphatic heterocycles. The van der Waals surface area contributed by atoms with Crippen LogP contribution in [0.25, 0.3) is 0 Å². The number of aromatic carboxylic acids is 2. The van der Waals surface area contributed by atoms with Crippen molar-refractivity contribution in [3.63, 3.8) is 0 Å². The summed E-state index contributed by atoms with van der Waals surface area (Å²) < 4.78 is 0. The van der Waals surface area contributed by atoms with E-state index in [1.165, 1.54) is 61.2 Å². The SMILES string of the molecule is NNC(=O)c1ccncc1.NNC(=O)c1ccncc1.Nc1ccc(C(=O)O)c(O)c1.Nc1ccc(C(=O)O)c(O)c1. The first-order chi connectivity index (χ1) is 19.9. The van der Waals surface area contributed by atoms with E-state index in [2.05, 4.69) is 9.97 Å². The van der Waals surface area contributed by atoms with Crippen molar-refractivity contribution in [1.82, 2.24) is 20.8 Å². The smallest absolute Gasteiger partial charge is 0.339 e. The summed E-state index contributed by atoms with van der Waals surface area (Å²) in [4.78, 5) is 49.6. The van der Waals surface area contributed by atoms with E-state index in [9.17, 15) is 19.2 Å². The topological polar surface area (TPSA) is 303 Å². The van der Waals surface area contributed by atoms with Crippen LogP contribution in [0, 0.1) is 0 Å². The molecule has 0 bridgehead atoms. The van der Waals surface area contributed by atoms with Crippen molar-refractivity contribution >= 4 is 35.1 Å². The highest BCUT2D eigenvalue weighted by Gasteiger charge is 2.08. The van der Waals surface area contributed by atoms with Crippen molar-refractivity contribution in [1.29, 1.82) is 0 Å². The third-order valence-corrected chi connectivity index (χ3v) is 4.65. The number of carbonyl (C=O) groups is 4. The van der Waals surface area contributed by atoms with Crippen LogP contribution in [-0.2, 0) is 0 Å². The second-order valence-electron chi connectivity index (χ2n) is 7.58. The molecular formula is C26H28N8O8. The molecule has 0 fully saturated rings. The lowest BCUT2D eigenvalue weighted by Gasteiger charge is -1.98. The van der Waals surface area contributed by atoms with Gasteiger partial charge in [0.05, 0.1) is 0 Å². The van der Waals surface area contributed by atoms with Crippen LogP contribution in [0.3, 0.4) is 0 Å². The molecule has 2 amide bonds. The maximum absolute atomic E-state index is 10.7. The largest absolute Gasteiger partial charge is 0.507 e. The molecule has 0 aliphatic rings. The molecule has 0 saturated heterocycles. The molecule has 220 valence electrons. The fourth-order valence-corrected chi connectivity index (χ4v) is 2.63. The van der Waals surface area contributed by atoms with Crippen molar-refractivity contribution in [2.75, 3.05) is 11.5 Å². The molecule has 42 heavy (non-hydrogen) atoms. The number of carbonyl (C=O) groups excluding carboxylic acids is 2. The van der Waals surface area contributed by atoms with Gasteiger partial charge in [-0.05, 0) is 48.5 Å². The number of benzene rings is 2. The molecule has 0 spiro atoms. The van der Waals surface area contributed by atoms with Gasteiger partial charge in [-0.25, -0.2) is 21.3 Å². The Morgan fingerprint density at radius 2 is 0.881 bits per heavy atom. The molecule has 0 aliphatic carbocycles. The number of nitrogens with one attached hydrogen (secondary N) is 2. The summed E-state index contributed by atoms with van der Waals surface area (Å²) in [6, 6.07) is 14.1. The van der Waals surface area contributed by atoms with Gasteiger partial charge in [-0.2, -0.15) is 0 Å². The zero-order chi connectivity index (χ0) is 31.7. The Kier molecular flexibility index (Phi) is 14.0. The number of hydrogen-bond acceptors (Lipinski definition) is 12. The second-order valence-corrected chi connectivity index (χ2v) is 7.58. The van der Waals surface area contributed by atoms with Crippen LogP contribution in [-0.4, -0.2) is 54.1 Å². The number of anilines is 2. The highest BCUT2D eigenvalue weighted by Crippen LogP contribution is 2.20. The minimum Gasteiger partial charge on any atom is -0.507 e. The van der Waals surface area contributed by atoms with E-state index in [1.54, 1.807) is 24.3 Å². The Morgan fingerprint density at radius 3 is 1.12 bits per heavy atom. The number of carboxylic acids is 2. The summed E-state index contributed by atoms with van der Waals surface area (Å²) in [6.45, 7) is 0. The maximum Gasteiger partial charge on any atom is 0.339 e. The van der Waals surface area contributed by atoms with Crippen molar-refractivity contribution in [3.8, 4) is 11.5 Å². The maximum atomic E-state index is 10.7. The fourth-order valence-electron chi connectivity index (χ4n) is 2.63. The van der Waals surface area contributed by atoms with Gasteiger partial charge in [-0.3, -0.25) is 30.4 Å². The summed E-state index contributed by atoms with van der Waals surface area (Å²) in [5.74, 6) is 6.22. The monoisotopic (exact) mass is 580 g/mol. The van der Waals surface area contributed by atoms with Gasteiger partial charge >= 0.3 is 11.9 Å². The molecule has 0 radical (unpaired) electrons. The Balaban J connectivity index is 0.000000280. The van der Waals surface area contributed by atoms with E-state index in [0.717, 1.165) is 0 Å². The fraction of sp³-hybridized carbons (Fsp3) is 0. The first-order valence-electron chi connectivity index (χ1n) is 11.4. The van der Waals surface area contributed by atoms with E-state index < -0.39 is 11.9 Å². The molecule has 4 aromatic rings. The zero-order valence-corrected chi connectivity index (χ0v) is 21.7. The van der Waals surface area contributed by atoms with Crippen molar-refractivity contribution in [2.24, 2.45) is 11.7 Å². The molecule has 2 aromatic carbocycles. The summed E-state index contributed by atoms with van der Waals surface area (Å²) in [5.41, 5.74) is 16.0. The number of carboxylic acid groups (broad SMARTS) is 2. The standard InChI is InChI=1S/2C7H7NO3.2C6H7N3O/c2*8-4-1-2-5(7(10)11)6(9)3-4;2*7-9-6(10)5-1-3-8-4-2-5/h2*1-3,9H,8H2,(H,10,11);2*1-4H,7H2,(H,9,10). The zero-order valence-electron chi connectivity index (χ0n) is 21.7. The lowest BCUT2D eigenvalue weighted by Crippen LogP contribution is -2.29. The van der Waals surface area contributed by atoms with Crippen LogP contribution in [0.2, 0.25) is 0 Å². The third-order valence-electron chi connectivity index (χ3n) is 4.65. The summed E-state index contributed by atoms with van der Waals surface area (Å²) in [7, 11) is 0. The molecule has 0 atom stereocenters. The molecule has 0 unspecified atom stereocenters. The predicted molar refractivity (Wildman–Crippen MR) is 151 cm³/mol. The van der Waals surface area contributed by atoms with Gasteiger partial charge in [0, 0.05) is 59.4 Å². The van der Waals surface area contributed by atoms with Crippen molar-refractivity contribution < 1.29 is 39.6 Å². The summed E-state index contributed by atoms with van der Waals surface area (Å²) >= 11 is 0. The van der Waals surface area contributed by atoms with Gasteiger partial charge < -0.3 is 31.9 Å². The number of pyridine rings is 2. The molecule has 14 N–H and O–H groups in total. The van der Waals surface area contributed by atoms with E-state index in [1.807, 2.05) is 10.9 Å². The number of phenols is 2. The Labute approximate surface area is 238 Å². The predicted octanol–water partition coefficient (Wildman–Crippen LogP) is 0.715. The number of hydrazine groups is 2. The van der Waals surface area contributed by atoms with E-state index in [-0.39, 0.29) is 34.4 Å². The summed E-state index contributed by atoms with van der Waals surface area (Å²) in [5, 5.41) is 34.9. The van der Waals surface area contributed by atoms with Crippen LogP contribution >= 0.6 is 0 Å². The van der Waals surface area contributed by atoms with Crippen LogP contribution < -0.4 is 34.0 Å². The van der Waals surface area contributed by atoms with Gasteiger partial charge in [0.15, 0.2) is 0 Å². The highest BCUT2D eigenvalue weighted by molar-refractivity contribution is 5.94. The number of amides is 2. The Morgan fingerprint density at radius 1 is 0.571 bits per heavy atom. The lowest BCUT2D eigenvalue weighted by molar-refractivity contribution is 0.0682. The van der Waals surface area contributed by atoms with Crippen LogP contribution in [0.1, 0.15) is 41.4 Å². The first kappa shape index (κ1) is 33.8. The minimum absolute atomic E-state index is 0.140. The Hall–Kier alpha value is -6.26. The Bertz CT molecular complexity index is 1380. The van der Waals surface area contributed by atoms with E-state index in [0.29, 0.717) is 22.5 Å². The number of rotatable bonds is 4. The quantitative estimate of drug-likeness (QED) is 0.0688. The lowest BCUT2D eigenvalue weighted by atomic mass is 10.2. The van der Waals surface area contributed by atoms with Crippen molar-refractivity contribution in [3.05, 3.63) is 108 Å².